The lowest BCUT2D eigenvalue weighted by atomic mass is 9.97. The molecule has 0 saturated carbocycles. The highest BCUT2D eigenvalue weighted by Gasteiger charge is 2.36. The largest absolute Gasteiger partial charge is 0.421 e. The van der Waals surface area contributed by atoms with Crippen molar-refractivity contribution in [3.8, 4) is 0 Å². The van der Waals surface area contributed by atoms with Crippen LogP contribution in [0.25, 0.3) is 0 Å². The van der Waals surface area contributed by atoms with E-state index in [9.17, 15) is 22.8 Å². The Hall–Kier alpha value is -2.80. The number of hydrogen-bond donors (Lipinski definition) is 0. The van der Waals surface area contributed by atoms with Crippen molar-refractivity contribution in [3.05, 3.63) is 77.0 Å². The first-order valence-electron chi connectivity index (χ1n) is 12.9. The molecule has 0 spiro atoms. The monoisotopic (exact) mass is 661 g/mol. The van der Waals surface area contributed by atoms with Crippen LogP contribution in [0.3, 0.4) is 0 Å². The summed E-state index contributed by atoms with van der Waals surface area (Å²) in [7, 11) is 3.13. The Morgan fingerprint density at radius 2 is 1.81 bits per heavy atom. The summed E-state index contributed by atoms with van der Waals surface area (Å²) in [5.41, 5.74) is -0.398. The number of hydrogen-bond acceptors (Lipinski definition) is 7. The van der Waals surface area contributed by atoms with Crippen molar-refractivity contribution < 1.29 is 22.8 Å². The normalized spacial score (nSPS) is 17.8. The second-order valence-corrected chi connectivity index (χ2v) is 12.4. The van der Waals surface area contributed by atoms with Gasteiger partial charge in [0.2, 0.25) is 5.91 Å². The summed E-state index contributed by atoms with van der Waals surface area (Å²) in [6.07, 6.45) is -2.34. The molecule has 42 heavy (non-hydrogen) atoms. The smallest absolute Gasteiger partial charge is 0.387 e. The number of anilines is 1. The van der Waals surface area contributed by atoms with Gasteiger partial charge in [0.05, 0.1) is 26.4 Å². The van der Waals surface area contributed by atoms with Gasteiger partial charge >= 0.3 is 6.18 Å². The molecule has 224 valence electrons. The molecule has 1 fully saturated rings. The average molecular weight is 663 g/mol. The fourth-order valence-corrected chi connectivity index (χ4v) is 7.02. The molecule has 3 aromatic rings. The van der Waals surface area contributed by atoms with E-state index in [-0.39, 0.29) is 11.6 Å². The molecule has 8 nitrogen and oxygen atoms in total. The van der Waals surface area contributed by atoms with Gasteiger partial charge < -0.3 is 19.2 Å². The molecule has 15 heteroatoms. The zero-order valence-corrected chi connectivity index (χ0v) is 25.5. The minimum atomic E-state index is -4.83. The number of carbonyl (C=O) groups is 1. The van der Waals surface area contributed by atoms with Crippen LogP contribution in [0.15, 0.2) is 39.7 Å². The predicted molar refractivity (Wildman–Crippen MR) is 157 cm³/mol. The number of rotatable bonds is 6. The third-order valence-corrected chi connectivity index (χ3v) is 9.10. The molecule has 2 aliphatic heterocycles. The SMILES string of the molecule is CN(C)c1cc(C(F)(F)F)c(=O)n(CC(=O)N2CCC(c3nc(C4=NOC(c5c(Cl)cc(Cl)cc5Cl)C4)cs3)CC2)c1. The molecule has 0 N–H and O–H groups in total. The van der Waals surface area contributed by atoms with Crippen molar-refractivity contribution in [1.29, 1.82) is 0 Å². The molecule has 1 atom stereocenters. The van der Waals surface area contributed by atoms with E-state index in [1.165, 1.54) is 22.4 Å². The highest BCUT2D eigenvalue weighted by Crippen LogP contribution is 2.40. The first-order chi connectivity index (χ1) is 19.8. The number of alkyl halides is 3. The van der Waals surface area contributed by atoms with Gasteiger partial charge in [-0.1, -0.05) is 40.0 Å². The molecule has 4 heterocycles. The van der Waals surface area contributed by atoms with E-state index >= 15 is 0 Å². The quantitative estimate of drug-likeness (QED) is 0.297. The van der Waals surface area contributed by atoms with Crippen LogP contribution in [0.1, 0.15) is 53.1 Å². The minimum absolute atomic E-state index is 0.100. The van der Waals surface area contributed by atoms with E-state index in [1.807, 2.05) is 5.38 Å². The molecular formula is C27H25Cl3F3N5O3S. The Morgan fingerprint density at radius 3 is 2.43 bits per heavy atom. The number of amides is 1. The molecule has 2 aromatic heterocycles. The van der Waals surface area contributed by atoms with E-state index in [0.717, 1.165) is 15.6 Å². The van der Waals surface area contributed by atoms with Crippen molar-refractivity contribution in [2.45, 2.75) is 44.0 Å². The van der Waals surface area contributed by atoms with Crippen LogP contribution in [-0.2, 0) is 22.4 Å². The number of pyridine rings is 1. The van der Waals surface area contributed by atoms with Gasteiger partial charge in [-0.25, -0.2) is 4.98 Å². The number of nitrogens with zero attached hydrogens (tertiary/aromatic N) is 5. The van der Waals surface area contributed by atoms with Crippen molar-refractivity contribution in [2.24, 2.45) is 5.16 Å². The zero-order chi connectivity index (χ0) is 30.3. The molecule has 0 bridgehead atoms. The maximum Gasteiger partial charge on any atom is 0.421 e. The molecule has 1 amide bonds. The number of halogens is 6. The number of aromatic nitrogens is 2. The van der Waals surface area contributed by atoms with Gasteiger partial charge in [-0.05, 0) is 31.0 Å². The lowest BCUT2D eigenvalue weighted by Crippen LogP contribution is -2.42. The standard InChI is InChI=1S/C27H25Cl3F3N5O3S/c1-36(2)16-9-17(27(31,32)33)26(40)38(11-16)12-23(39)37-5-3-14(4-6-37)25-34-21(13-42-25)20-10-22(41-35-20)24-18(29)7-15(28)8-19(24)30/h7-9,11,13-14,22H,3-6,10,12H2,1-2H3. The van der Waals surface area contributed by atoms with Gasteiger partial charge in [0.1, 0.15) is 17.8 Å². The van der Waals surface area contributed by atoms with Crippen molar-refractivity contribution in [2.75, 3.05) is 32.1 Å². The summed E-state index contributed by atoms with van der Waals surface area (Å²) >= 11 is 20.2. The van der Waals surface area contributed by atoms with Crippen molar-refractivity contribution in [1.82, 2.24) is 14.5 Å². The van der Waals surface area contributed by atoms with Crippen LogP contribution in [0.4, 0.5) is 18.9 Å². The Bertz CT molecular complexity index is 1580. The van der Waals surface area contributed by atoms with E-state index in [1.54, 1.807) is 31.1 Å². The van der Waals surface area contributed by atoms with Gasteiger partial charge in [0, 0.05) is 61.7 Å². The second kappa shape index (κ2) is 12.1. The summed E-state index contributed by atoms with van der Waals surface area (Å²) in [6.45, 7) is 0.316. The van der Waals surface area contributed by atoms with Crippen LogP contribution in [0.2, 0.25) is 15.1 Å². The van der Waals surface area contributed by atoms with Crippen LogP contribution in [-0.4, -0.2) is 53.3 Å². The number of likely N-dealkylation sites (tertiary alicyclic amines) is 1. The van der Waals surface area contributed by atoms with E-state index in [2.05, 4.69) is 5.16 Å². The highest BCUT2D eigenvalue weighted by molar-refractivity contribution is 7.10. The topological polar surface area (TPSA) is 80.0 Å². The highest BCUT2D eigenvalue weighted by atomic mass is 35.5. The van der Waals surface area contributed by atoms with Crippen molar-refractivity contribution >= 4 is 63.4 Å². The maximum atomic E-state index is 13.4. The fraction of sp³-hybridized carbons (Fsp3) is 0.407. The third-order valence-electron chi connectivity index (χ3n) is 7.25. The minimum Gasteiger partial charge on any atom is -0.387 e. The average Bonchev–Trinajstić information content (AvgIpc) is 3.59. The van der Waals surface area contributed by atoms with Crippen LogP contribution >= 0.6 is 46.1 Å². The summed E-state index contributed by atoms with van der Waals surface area (Å²) in [5, 5.41) is 8.22. The number of piperidine rings is 1. The number of carbonyl (C=O) groups excluding carboxylic acids is 1. The molecular weight excluding hydrogens is 638 g/mol. The molecule has 0 aliphatic carbocycles. The van der Waals surface area contributed by atoms with Gasteiger partial charge in [0.25, 0.3) is 5.56 Å². The lowest BCUT2D eigenvalue weighted by Gasteiger charge is -2.31. The van der Waals surface area contributed by atoms with Gasteiger partial charge in [-0.3, -0.25) is 9.59 Å². The fourth-order valence-electron chi connectivity index (χ4n) is 4.96. The summed E-state index contributed by atoms with van der Waals surface area (Å²) in [6, 6.07) is 3.99. The second-order valence-electron chi connectivity index (χ2n) is 10.3. The molecule has 1 saturated heterocycles. The molecule has 1 unspecified atom stereocenters. The number of thiazole rings is 1. The van der Waals surface area contributed by atoms with E-state index in [4.69, 9.17) is 44.6 Å². The molecule has 5 rings (SSSR count). The van der Waals surface area contributed by atoms with E-state index < -0.39 is 35.9 Å². The Morgan fingerprint density at radius 1 is 1.14 bits per heavy atom. The number of oxime groups is 1. The Labute approximate surface area is 258 Å². The molecule has 1 aromatic carbocycles. The van der Waals surface area contributed by atoms with Crippen LogP contribution in [0.5, 0.6) is 0 Å². The predicted octanol–water partition coefficient (Wildman–Crippen LogP) is 6.62. The maximum absolute atomic E-state index is 13.4. The zero-order valence-electron chi connectivity index (χ0n) is 22.4. The third kappa shape index (κ3) is 6.41. The summed E-state index contributed by atoms with van der Waals surface area (Å²) < 4.78 is 41.2. The number of benzene rings is 1. The first-order valence-corrected chi connectivity index (χ1v) is 14.9. The van der Waals surface area contributed by atoms with Gasteiger partial charge in [-0.2, -0.15) is 13.2 Å². The van der Waals surface area contributed by atoms with Gasteiger partial charge in [0.15, 0.2) is 6.10 Å². The Kier molecular flexibility index (Phi) is 8.80. The Balaban J connectivity index is 1.21. The summed E-state index contributed by atoms with van der Waals surface area (Å²) in [5.74, 6) is -0.314. The van der Waals surface area contributed by atoms with Crippen molar-refractivity contribution in [3.63, 3.8) is 0 Å². The summed E-state index contributed by atoms with van der Waals surface area (Å²) in [4.78, 5) is 38.9. The first kappa shape index (κ1) is 30.7. The van der Waals surface area contributed by atoms with Gasteiger partial charge in [-0.15, -0.1) is 11.3 Å². The molecule has 0 radical (unpaired) electrons. The van der Waals surface area contributed by atoms with Crippen LogP contribution in [0, 0.1) is 0 Å². The molecule has 2 aliphatic rings. The van der Waals surface area contributed by atoms with E-state index in [0.29, 0.717) is 64.4 Å². The van der Waals surface area contributed by atoms with Crippen LogP contribution < -0.4 is 10.5 Å². The lowest BCUT2D eigenvalue weighted by molar-refractivity contribution is -0.139.